The Kier molecular flexibility index (Phi) is 8.07. The van der Waals surface area contributed by atoms with Gasteiger partial charge in [-0.05, 0) is 94.4 Å². The van der Waals surface area contributed by atoms with Crippen molar-refractivity contribution in [2.24, 2.45) is 0 Å². The summed E-state index contributed by atoms with van der Waals surface area (Å²) in [4.78, 5) is 2.41. The van der Waals surface area contributed by atoms with E-state index < -0.39 is 0 Å². The molecule has 0 aromatic heterocycles. The number of para-hydroxylation sites is 1. The van der Waals surface area contributed by atoms with Crippen molar-refractivity contribution in [1.82, 2.24) is 10.2 Å². The minimum Gasteiger partial charge on any atom is -0.497 e. The molecular formula is C28H41N3OS. The standard InChI is InChI=1S/C28H41N3OS/c1-8-21-11-10-12-22(9-2)25(21)29-26(33)31(19-20-13-15-24(32-7)16-14-20)23-17-27(3,4)30-28(5,6)18-23/h10-16,23,30H,8-9,17-19H2,1-7H3,(H,29,33). The van der Waals surface area contributed by atoms with Crippen molar-refractivity contribution in [1.29, 1.82) is 0 Å². The summed E-state index contributed by atoms with van der Waals surface area (Å²) in [6.07, 6.45) is 4.02. The molecule has 0 saturated carbocycles. The number of nitrogens with zero attached hydrogens (tertiary/aromatic N) is 1. The summed E-state index contributed by atoms with van der Waals surface area (Å²) < 4.78 is 5.36. The fourth-order valence-electron chi connectivity index (χ4n) is 5.37. The molecule has 0 bridgehead atoms. The van der Waals surface area contributed by atoms with Gasteiger partial charge in [0.2, 0.25) is 0 Å². The first kappa shape index (κ1) is 25.5. The second kappa shape index (κ2) is 10.4. The lowest BCUT2D eigenvalue weighted by Gasteiger charge is -2.50. The van der Waals surface area contributed by atoms with Gasteiger partial charge in [-0.3, -0.25) is 0 Å². The van der Waals surface area contributed by atoms with Gasteiger partial charge in [0, 0.05) is 29.4 Å². The van der Waals surface area contributed by atoms with Crippen LogP contribution in [0.15, 0.2) is 42.5 Å². The van der Waals surface area contributed by atoms with Gasteiger partial charge in [0.25, 0.3) is 0 Å². The Hall–Kier alpha value is -2.11. The average Bonchev–Trinajstić information content (AvgIpc) is 2.75. The highest BCUT2D eigenvalue weighted by Crippen LogP contribution is 2.33. The van der Waals surface area contributed by atoms with Crippen molar-refractivity contribution < 1.29 is 4.74 Å². The van der Waals surface area contributed by atoms with E-state index in [1.165, 1.54) is 22.4 Å². The summed E-state index contributed by atoms with van der Waals surface area (Å²) in [5.74, 6) is 0.875. The molecule has 180 valence electrons. The first-order chi connectivity index (χ1) is 15.6. The highest BCUT2D eigenvalue weighted by atomic mass is 32.1. The first-order valence-electron chi connectivity index (χ1n) is 12.2. The molecule has 2 aromatic rings. The van der Waals surface area contributed by atoms with Crippen molar-refractivity contribution >= 4 is 23.0 Å². The molecule has 0 atom stereocenters. The van der Waals surface area contributed by atoms with Gasteiger partial charge in [0.1, 0.15) is 5.75 Å². The average molecular weight is 468 g/mol. The van der Waals surface area contributed by atoms with Gasteiger partial charge in [-0.1, -0.05) is 44.2 Å². The van der Waals surface area contributed by atoms with Crippen LogP contribution in [0.2, 0.25) is 0 Å². The molecule has 0 unspecified atom stereocenters. The Bertz CT molecular complexity index is 914. The summed E-state index contributed by atoms with van der Waals surface area (Å²) >= 11 is 6.12. The topological polar surface area (TPSA) is 36.5 Å². The molecule has 0 radical (unpaired) electrons. The Morgan fingerprint density at radius 3 is 2.03 bits per heavy atom. The molecule has 1 aliphatic heterocycles. The van der Waals surface area contributed by atoms with Gasteiger partial charge < -0.3 is 20.3 Å². The molecule has 5 heteroatoms. The van der Waals surface area contributed by atoms with Crippen molar-refractivity contribution in [3.05, 3.63) is 59.2 Å². The van der Waals surface area contributed by atoms with Crippen molar-refractivity contribution in [3.8, 4) is 5.75 Å². The Morgan fingerprint density at radius 2 is 1.55 bits per heavy atom. The quantitative estimate of drug-likeness (QED) is 0.466. The van der Waals surface area contributed by atoms with Crippen molar-refractivity contribution in [3.63, 3.8) is 0 Å². The number of thiocarbonyl (C=S) groups is 1. The summed E-state index contributed by atoms with van der Waals surface area (Å²) in [5, 5.41) is 8.31. The number of aryl methyl sites for hydroxylation is 2. The molecule has 2 N–H and O–H groups in total. The zero-order valence-corrected chi connectivity index (χ0v) is 22.2. The predicted molar refractivity (Wildman–Crippen MR) is 144 cm³/mol. The highest BCUT2D eigenvalue weighted by Gasteiger charge is 2.40. The molecule has 4 nitrogen and oxygen atoms in total. The third kappa shape index (κ3) is 6.48. The van der Waals surface area contributed by atoms with Gasteiger partial charge >= 0.3 is 0 Å². The van der Waals surface area contributed by atoms with Crippen LogP contribution in [0, 0.1) is 0 Å². The normalized spacial score (nSPS) is 17.4. The van der Waals surface area contributed by atoms with E-state index in [1.54, 1.807) is 7.11 Å². The summed E-state index contributed by atoms with van der Waals surface area (Å²) in [6.45, 7) is 14.4. The molecule has 0 spiro atoms. The molecule has 1 fully saturated rings. The van der Waals surface area contributed by atoms with E-state index in [9.17, 15) is 0 Å². The van der Waals surface area contributed by atoms with Gasteiger partial charge in [0.05, 0.1) is 7.11 Å². The van der Waals surface area contributed by atoms with Crippen LogP contribution < -0.4 is 15.4 Å². The zero-order chi connectivity index (χ0) is 24.2. The first-order valence-corrected chi connectivity index (χ1v) is 12.6. The second-order valence-electron chi connectivity index (χ2n) is 10.5. The fraction of sp³-hybridized carbons (Fsp3) is 0.536. The van der Waals surface area contributed by atoms with Crippen LogP contribution in [0.3, 0.4) is 0 Å². The fourth-order valence-corrected chi connectivity index (χ4v) is 5.68. The third-order valence-corrected chi connectivity index (χ3v) is 6.95. The number of rotatable bonds is 7. The number of piperidine rings is 1. The Labute approximate surface area is 206 Å². The van der Waals surface area contributed by atoms with Crippen LogP contribution in [-0.2, 0) is 19.4 Å². The van der Waals surface area contributed by atoms with E-state index >= 15 is 0 Å². The van der Waals surface area contributed by atoms with Gasteiger partial charge in [-0.15, -0.1) is 0 Å². The Morgan fingerprint density at radius 1 is 1.00 bits per heavy atom. The molecule has 3 rings (SSSR count). The van der Waals surface area contributed by atoms with Crippen molar-refractivity contribution in [2.45, 2.75) is 90.9 Å². The molecule has 0 amide bonds. The number of hydrogen-bond acceptors (Lipinski definition) is 3. The minimum atomic E-state index is 0.0378. The lowest BCUT2D eigenvalue weighted by Crippen LogP contribution is -2.63. The van der Waals surface area contributed by atoms with E-state index in [2.05, 4.69) is 87.4 Å². The zero-order valence-electron chi connectivity index (χ0n) is 21.4. The molecule has 2 aromatic carbocycles. The van der Waals surface area contributed by atoms with Gasteiger partial charge in [0.15, 0.2) is 5.11 Å². The summed E-state index contributed by atoms with van der Waals surface area (Å²) in [7, 11) is 1.70. The van der Waals surface area contributed by atoms with Crippen LogP contribution in [-0.4, -0.2) is 34.2 Å². The number of benzene rings is 2. The maximum absolute atomic E-state index is 6.12. The number of ether oxygens (including phenoxy) is 1. The maximum atomic E-state index is 6.12. The number of methoxy groups -OCH3 is 1. The molecular weight excluding hydrogens is 426 g/mol. The monoisotopic (exact) mass is 467 g/mol. The largest absolute Gasteiger partial charge is 0.497 e. The highest BCUT2D eigenvalue weighted by molar-refractivity contribution is 7.80. The van der Waals surface area contributed by atoms with Crippen LogP contribution in [0.5, 0.6) is 5.75 Å². The molecule has 0 aliphatic carbocycles. The Balaban J connectivity index is 1.95. The lowest BCUT2D eigenvalue weighted by atomic mass is 9.79. The van der Waals surface area contributed by atoms with Gasteiger partial charge in [-0.25, -0.2) is 0 Å². The van der Waals surface area contributed by atoms with Crippen LogP contribution in [0.25, 0.3) is 0 Å². The molecule has 1 heterocycles. The van der Waals surface area contributed by atoms with E-state index in [4.69, 9.17) is 17.0 Å². The van der Waals surface area contributed by atoms with E-state index in [0.29, 0.717) is 6.04 Å². The summed E-state index contributed by atoms with van der Waals surface area (Å²) in [6, 6.07) is 15.2. The number of hydrogen-bond donors (Lipinski definition) is 2. The molecule has 1 aliphatic rings. The molecule has 33 heavy (non-hydrogen) atoms. The minimum absolute atomic E-state index is 0.0378. The van der Waals surface area contributed by atoms with Crippen LogP contribution >= 0.6 is 12.2 Å². The summed E-state index contributed by atoms with van der Waals surface area (Å²) in [5.41, 5.74) is 5.11. The number of nitrogens with one attached hydrogen (secondary N) is 2. The van der Waals surface area contributed by atoms with Crippen LogP contribution in [0.1, 0.15) is 71.1 Å². The SMILES string of the molecule is CCc1cccc(CC)c1NC(=S)N(Cc1ccc(OC)cc1)C1CC(C)(C)NC(C)(C)C1. The third-order valence-electron chi connectivity index (χ3n) is 6.61. The van der Waals surface area contributed by atoms with E-state index in [0.717, 1.165) is 43.1 Å². The molecule has 1 saturated heterocycles. The smallest absolute Gasteiger partial charge is 0.173 e. The maximum Gasteiger partial charge on any atom is 0.173 e. The van der Waals surface area contributed by atoms with E-state index in [1.807, 2.05) is 12.1 Å². The predicted octanol–water partition coefficient (Wildman–Crippen LogP) is 6.33. The second-order valence-corrected chi connectivity index (χ2v) is 10.9. The number of anilines is 1. The van der Waals surface area contributed by atoms with E-state index in [-0.39, 0.29) is 11.1 Å². The van der Waals surface area contributed by atoms with Crippen LogP contribution in [0.4, 0.5) is 5.69 Å². The van der Waals surface area contributed by atoms with Gasteiger partial charge in [-0.2, -0.15) is 0 Å². The lowest BCUT2D eigenvalue weighted by molar-refractivity contribution is 0.101. The van der Waals surface area contributed by atoms with Crippen molar-refractivity contribution in [2.75, 3.05) is 12.4 Å².